The molecule has 0 aromatic carbocycles. The second kappa shape index (κ2) is 8.92. The molecule has 52 valence electrons. The van der Waals surface area contributed by atoms with Crippen LogP contribution in [0, 0.1) is 0 Å². The molecule has 0 unspecified atom stereocenters. The van der Waals surface area contributed by atoms with Gasteiger partial charge in [-0.05, 0) is 0 Å². The van der Waals surface area contributed by atoms with Crippen LogP contribution in [0.2, 0.25) is 7.96 Å². The molecule has 0 saturated heterocycles. The zero-order chi connectivity index (χ0) is 6.95. The van der Waals surface area contributed by atoms with Crippen LogP contribution < -0.4 is 0 Å². The van der Waals surface area contributed by atoms with Gasteiger partial charge in [0, 0.05) is 0 Å². The summed E-state index contributed by atoms with van der Waals surface area (Å²) in [6, 6.07) is 0. The summed E-state index contributed by atoms with van der Waals surface area (Å²) in [4.78, 5) is 0. The average molecular weight is 227 g/mol. The van der Waals surface area contributed by atoms with Crippen molar-refractivity contribution in [2.75, 3.05) is 0 Å². The van der Waals surface area contributed by atoms with Crippen molar-refractivity contribution in [1.82, 2.24) is 0 Å². The predicted octanol–water partition coefficient (Wildman–Crippen LogP) is 3.51. The van der Waals surface area contributed by atoms with E-state index in [1.165, 1.54) is 25.7 Å². The molecule has 0 aromatic rings. The van der Waals surface area contributed by atoms with Crippen LogP contribution >= 0.6 is 0 Å². The van der Waals surface area contributed by atoms with Crippen LogP contribution in [-0.2, 0) is 24.2 Å². The molecule has 9 heavy (non-hydrogen) atoms. The molecule has 0 atom stereocenters. The van der Waals surface area contributed by atoms with Crippen molar-refractivity contribution < 1.29 is 24.2 Å². The fourth-order valence-electron chi connectivity index (χ4n) is 1.03. The first-order chi connectivity index (χ1) is 4.41. The van der Waals surface area contributed by atoms with E-state index in [0.717, 1.165) is 0 Å². The molecule has 0 aliphatic heterocycles. The molecule has 0 aliphatic rings. The van der Waals surface area contributed by atoms with E-state index in [4.69, 9.17) is 0 Å². The van der Waals surface area contributed by atoms with E-state index in [1.807, 2.05) is 0 Å². The van der Waals surface area contributed by atoms with E-state index in [0.29, 0.717) is 0 Å². The molecule has 0 amide bonds. The van der Waals surface area contributed by atoms with E-state index < -0.39 is 0 Å². The van der Waals surface area contributed by atoms with Crippen LogP contribution in [0.25, 0.3) is 0 Å². The molecule has 1 heteroatoms. The fraction of sp³-hybridized carbons (Fsp3) is 1.00. The molecule has 0 spiro atoms. The number of unbranched alkanes of at least 4 members (excludes halogenated alkanes) is 2. The molecule has 0 saturated carbocycles. The van der Waals surface area contributed by atoms with Gasteiger partial charge in [-0.2, -0.15) is 0 Å². The Kier molecular flexibility index (Phi) is 9.84. The van der Waals surface area contributed by atoms with Crippen LogP contribution in [0.5, 0.6) is 0 Å². The maximum absolute atomic E-state index is 2.30. The number of rotatable bonds is 6. The Hall–Kier alpha value is 0.922. The second-order valence-corrected chi connectivity index (χ2v) is 8.82. The van der Waals surface area contributed by atoms with Crippen LogP contribution in [0.1, 0.15) is 39.5 Å². The minimum atomic E-state index is -0.159. The summed E-state index contributed by atoms with van der Waals surface area (Å²) in [5, 5.41) is 0. The van der Waals surface area contributed by atoms with Crippen molar-refractivity contribution in [3.8, 4) is 0 Å². The van der Waals surface area contributed by atoms with Gasteiger partial charge in [0.15, 0.2) is 0 Å². The molecule has 0 radical (unpaired) electrons. The first-order valence-corrected chi connectivity index (χ1v) is 10.1. The minimum absolute atomic E-state index is 0.159. The SMILES string of the molecule is CCC[CH2][Cd][CH2]CCC. The van der Waals surface area contributed by atoms with Crippen molar-refractivity contribution >= 4 is 0 Å². The van der Waals surface area contributed by atoms with Gasteiger partial charge in [-0.1, -0.05) is 0 Å². The second-order valence-electron chi connectivity index (χ2n) is 2.77. The Labute approximate surface area is 71.6 Å². The van der Waals surface area contributed by atoms with E-state index in [-0.39, 0.29) is 24.2 Å². The number of hydrogen-bond acceptors (Lipinski definition) is 0. The molecule has 0 N–H and O–H groups in total. The maximum atomic E-state index is 2.30. The first-order valence-electron chi connectivity index (χ1n) is 4.41. The summed E-state index contributed by atoms with van der Waals surface area (Å²) < 4.78 is 3.33. The van der Waals surface area contributed by atoms with Crippen molar-refractivity contribution in [2.45, 2.75) is 47.5 Å². The fourth-order valence-corrected chi connectivity index (χ4v) is 6.91. The van der Waals surface area contributed by atoms with Crippen molar-refractivity contribution in [3.05, 3.63) is 0 Å². The standard InChI is InChI=1S/2C4H9.Cd/c2*1-3-4-2;/h2*1,3-4H2,2H3;. The third kappa shape index (κ3) is 8.92. The van der Waals surface area contributed by atoms with Crippen molar-refractivity contribution in [3.63, 3.8) is 0 Å². The third-order valence-corrected chi connectivity index (χ3v) is 7.42. The van der Waals surface area contributed by atoms with Gasteiger partial charge in [0.1, 0.15) is 0 Å². The van der Waals surface area contributed by atoms with E-state index in [9.17, 15) is 0 Å². The predicted molar refractivity (Wildman–Crippen MR) is 39.4 cm³/mol. The molecule has 0 rings (SSSR count). The summed E-state index contributed by atoms with van der Waals surface area (Å²) in [6.07, 6.45) is 5.89. The molecule has 0 aliphatic carbocycles. The van der Waals surface area contributed by atoms with Crippen LogP contribution in [0.15, 0.2) is 0 Å². The van der Waals surface area contributed by atoms with Gasteiger partial charge in [0.05, 0.1) is 0 Å². The van der Waals surface area contributed by atoms with Crippen molar-refractivity contribution in [2.24, 2.45) is 0 Å². The topological polar surface area (TPSA) is 0 Å². The van der Waals surface area contributed by atoms with Gasteiger partial charge in [0.2, 0.25) is 0 Å². The zero-order valence-corrected chi connectivity index (χ0v) is 11.0. The van der Waals surface area contributed by atoms with Gasteiger partial charge in [-0.25, -0.2) is 0 Å². The summed E-state index contributed by atoms with van der Waals surface area (Å²) >= 11 is -0.159. The Balaban J connectivity index is 2.60. The van der Waals surface area contributed by atoms with Crippen LogP contribution in [0.3, 0.4) is 0 Å². The van der Waals surface area contributed by atoms with Crippen LogP contribution in [0.4, 0.5) is 0 Å². The van der Waals surface area contributed by atoms with Gasteiger partial charge >= 0.3 is 71.7 Å². The van der Waals surface area contributed by atoms with E-state index >= 15 is 0 Å². The average Bonchev–Trinajstić information content (AvgIpc) is 1.89. The van der Waals surface area contributed by atoms with E-state index in [1.54, 1.807) is 7.96 Å². The normalized spacial score (nSPS) is 9.11. The Morgan fingerprint density at radius 3 is 1.67 bits per heavy atom. The molecule has 0 bridgehead atoms. The first kappa shape index (κ1) is 9.92. The third-order valence-electron chi connectivity index (χ3n) is 1.71. The van der Waals surface area contributed by atoms with Crippen molar-refractivity contribution in [1.29, 1.82) is 0 Å². The molecular formula is C8H18Cd. The molecular weight excluding hydrogens is 208 g/mol. The molecule has 0 nitrogen and oxygen atoms in total. The Morgan fingerprint density at radius 2 is 1.33 bits per heavy atom. The van der Waals surface area contributed by atoms with E-state index in [2.05, 4.69) is 13.8 Å². The summed E-state index contributed by atoms with van der Waals surface area (Å²) in [7, 11) is 0. The molecule has 0 heterocycles. The summed E-state index contributed by atoms with van der Waals surface area (Å²) in [5.74, 6) is 0. The molecule has 0 fully saturated rings. The number of hydrogen-bond donors (Lipinski definition) is 0. The van der Waals surface area contributed by atoms with Gasteiger partial charge in [-0.15, -0.1) is 0 Å². The summed E-state index contributed by atoms with van der Waals surface area (Å²) in [5.41, 5.74) is 0. The quantitative estimate of drug-likeness (QED) is 0.480. The van der Waals surface area contributed by atoms with Gasteiger partial charge in [-0.3, -0.25) is 0 Å². The van der Waals surface area contributed by atoms with Gasteiger partial charge < -0.3 is 0 Å². The Morgan fingerprint density at radius 1 is 0.889 bits per heavy atom. The molecule has 0 aromatic heterocycles. The van der Waals surface area contributed by atoms with Crippen LogP contribution in [-0.4, -0.2) is 0 Å². The van der Waals surface area contributed by atoms with Gasteiger partial charge in [0.25, 0.3) is 0 Å². The Bertz CT molecular complexity index is 37.8. The monoisotopic (exact) mass is 228 g/mol. The zero-order valence-electron chi connectivity index (χ0n) is 6.95. The summed E-state index contributed by atoms with van der Waals surface area (Å²) in [6.45, 7) is 4.59.